The van der Waals surface area contributed by atoms with Gasteiger partial charge in [-0.2, -0.15) is 0 Å². The average molecular weight is 298 g/mol. The predicted octanol–water partition coefficient (Wildman–Crippen LogP) is 2.99. The van der Waals surface area contributed by atoms with E-state index < -0.39 is 17.2 Å². The number of hydrogen-bond acceptors (Lipinski definition) is 2. The van der Waals surface area contributed by atoms with Crippen molar-refractivity contribution in [3.05, 3.63) is 35.6 Å². The summed E-state index contributed by atoms with van der Waals surface area (Å²) in [4.78, 5) is 12.5. The Labute approximate surface area is 121 Å². The molecule has 3 rings (SSSR count). The lowest BCUT2D eigenvalue weighted by Gasteiger charge is -2.30. The molecule has 21 heavy (non-hydrogen) atoms. The van der Waals surface area contributed by atoms with Crippen molar-refractivity contribution in [3.63, 3.8) is 0 Å². The number of hydrazine groups is 1. The zero-order chi connectivity index (χ0) is 15.4. The lowest BCUT2D eigenvalue weighted by atomic mass is 9.83. The first-order valence-electron chi connectivity index (χ1n) is 6.96. The van der Waals surface area contributed by atoms with Crippen molar-refractivity contribution in [1.29, 1.82) is 0 Å². The fourth-order valence-electron chi connectivity index (χ4n) is 3.16. The number of carbonyl (C=O) groups is 1. The van der Waals surface area contributed by atoms with E-state index in [1.165, 1.54) is 24.1 Å². The normalized spacial score (nSPS) is 30.0. The van der Waals surface area contributed by atoms with Gasteiger partial charge in [0.1, 0.15) is 11.2 Å². The van der Waals surface area contributed by atoms with Crippen LogP contribution in [0, 0.1) is 11.2 Å². The van der Waals surface area contributed by atoms with Gasteiger partial charge < -0.3 is 0 Å². The molecular formula is C15H17F3N2O. The van der Waals surface area contributed by atoms with Gasteiger partial charge in [0.25, 0.3) is 11.8 Å². The Bertz CT molecular complexity index is 587. The van der Waals surface area contributed by atoms with E-state index in [0.29, 0.717) is 18.5 Å². The number of hydrogen-bond donors (Lipinski definition) is 0. The second-order valence-corrected chi connectivity index (χ2v) is 6.12. The molecule has 0 bridgehead atoms. The Balaban J connectivity index is 1.95. The van der Waals surface area contributed by atoms with E-state index in [2.05, 4.69) is 0 Å². The smallest absolute Gasteiger partial charge is 0.260 e. The number of alkyl halides is 2. The first-order chi connectivity index (χ1) is 9.74. The molecule has 0 aromatic heterocycles. The van der Waals surface area contributed by atoms with Crippen LogP contribution < -0.4 is 0 Å². The summed E-state index contributed by atoms with van der Waals surface area (Å²) >= 11 is 0. The van der Waals surface area contributed by atoms with Gasteiger partial charge in [-0.25, -0.2) is 18.2 Å². The SMILES string of the molecule is CC(F)(F)[C@@]1(C)CN2CC[C@@H](c3cccc(F)c3)N2C1=O. The third-order valence-corrected chi connectivity index (χ3v) is 4.64. The first-order valence-corrected chi connectivity index (χ1v) is 6.96. The summed E-state index contributed by atoms with van der Waals surface area (Å²) in [5.41, 5.74) is -1.08. The van der Waals surface area contributed by atoms with E-state index in [1.54, 1.807) is 17.1 Å². The van der Waals surface area contributed by atoms with E-state index in [9.17, 15) is 18.0 Å². The van der Waals surface area contributed by atoms with Crippen molar-refractivity contribution < 1.29 is 18.0 Å². The maximum absolute atomic E-state index is 13.8. The molecule has 0 unspecified atom stereocenters. The molecule has 114 valence electrons. The summed E-state index contributed by atoms with van der Waals surface area (Å²) in [6, 6.07) is 5.62. The largest absolute Gasteiger partial charge is 0.272 e. The van der Waals surface area contributed by atoms with Gasteiger partial charge in [-0.1, -0.05) is 12.1 Å². The predicted molar refractivity (Wildman–Crippen MR) is 70.9 cm³/mol. The van der Waals surface area contributed by atoms with E-state index in [-0.39, 0.29) is 18.4 Å². The number of rotatable bonds is 2. The number of benzene rings is 1. The highest BCUT2D eigenvalue weighted by molar-refractivity contribution is 5.86. The molecule has 0 radical (unpaired) electrons. The maximum Gasteiger partial charge on any atom is 0.260 e. The van der Waals surface area contributed by atoms with Gasteiger partial charge in [0.2, 0.25) is 0 Å². The molecule has 0 saturated carbocycles. The van der Waals surface area contributed by atoms with Crippen molar-refractivity contribution in [3.8, 4) is 0 Å². The molecule has 6 heteroatoms. The van der Waals surface area contributed by atoms with Crippen LogP contribution in [0.2, 0.25) is 0 Å². The van der Waals surface area contributed by atoms with Gasteiger partial charge in [0.15, 0.2) is 0 Å². The average Bonchev–Trinajstić information content (AvgIpc) is 2.89. The van der Waals surface area contributed by atoms with E-state index in [1.807, 2.05) is 0 Å². The second-order valence-electron chi connectivity index (χ2n) is 6.12. The van der Waals surface area contributed by atoms with Crippen molar-refractivity contribution >= 4 is 5.91 Å². The summed E-state index contributed by atoms with van der Waals surface area (Å²) < 4.78 is 41.0. The summed E-state index contributed by atoms with van der Waals surface area (Å²) in [5.74, 6) is -4.07. The number of nitrogens with zero attached hydrogens (tertiary/aromatic N) is 2. The van der Waals surface area contributed by atoms with Crippen LogP contribution in [-0.2, 0) is 4.79 Å². The zero-order valence-electron chi connectivity index (χ0n) is 11.9. The number of halogens is 3. The van der Waals surface area contributed by atoms with E-state index >= 15 is 0 Å². The van der Waals surface area contributed by atoms with Gasteiger partial charge in [-0.15, -0.1) is 0 Å². The first kappa shape index (κ1) is 14.4. The van der Waals surface area contributed by atoms with E-state index in [0.717, 1.165) is 6.92 Å². The lowest BCUT2D eigenvalue weighted by Crippen LogP contribution is -2.45. The number of amides is 1. The Hall–Kier alpha value is -1.56. The molecule has 1 aromatic rings. The molecule has 0 N–H and O–H groups in total. The van der Waals surface area contributed by atoms with Gasteiger partial charge in [-0.3, -0.25) is 9.80 Å². The molecule has 1 aromatic carbocycles. The molecule has 2 aliphatic heterocycles. The van der Waals surface area contributed by atoms with Gasteiger partial charge in [0.05, 0.1) is 6.04 Å². The van der Waals surface area contributed by atoms with Crippen molar-refractivity contribution in [1.82, 2.24) is 10.0 Å². The fraction of sp³-hybridized carbons (Fsp3) is 0.533. The highest BCUT2D eigenvalue weighted by atomic mass is 19.3. The Kier molecular flexibility index (Phi) is 3.06. The second kappa shape index (κ2) is 4.47. The minimum atomic E-state index is -3.10. The molecule has 2 atom stereocenters. The summed E-state index contributed by atoms with van der Waals surface area (Å²) in [6.45, 7) is 2.61. The molecule has 2 fully saturated rings. The Morgan fingerprint density at radius 3 is 2.71 bits per heavy atom. The van der Waals surface area contributed by atoms with Crippen molar-refractivity contribution in [2.24, 2.45) is 5.41 Å². The molecule has 0 spiro atoms. The maximum atomic E-state index is 13.8. The van der Waals surface area contributed by atoms with Crippen LogP contribution in [0.5, 0.6) is 0 Å². The van der Waals surface area contributed by atoms with Gasteiger partial charge in [-0.05, 0) is 31.0 Å². The summed E-state index contributed by atoms with van der Waals surface area (Å²) in [5, 5.41) is 3.06. The molecule has 2 saturated heterocycles. The Morgan fingerprint density at radius 1 is 1.38 bits per heavy atom. The van der Waals surface area contributed by atoms with Crippen LogP contribution in [0.15, 0.2) is 24.3 Å². The lowest BCUT2D eigenvalue weighted by molar-refractivity contribution is -0.156. The number of carbonyl (C=O) groups excluding carboxylic acids is 1. The van der Waals surface area contributed by atoms with Crippen LogP contribution in [0.3, 0.4) is 0 Å². The van der Waals surface area contributed by atoms with Crippen molar-refractivity contribution in [2.45, 2.75) is 32.2 Å². The third kappa shape index (κ3) is 2.04. The summed E-state index contributed by atoms with van der Waals surface area (Å²) in [6.07, 6.45) is 0.626. The summed E-state index contributed by atoms with van der Waals surface area (Å²) in [7, 11) is 0. The molecule has 2 aliphatic rings. The van der Waals surface area contributed by atoms with Gasteiger partial charge in [0, 0.05) is 20.0 Å². The molecule has 1 amide bonds. The number of fused-ring (bicyclic) bond motifs is 1. The molecule has 0 aliphatic carbocycles. The minimum absolute atomic E-state index is 0.00114. The van der Waals surface area contributed by atoms with Crippen LogP contribution in [0.25, 0.3) is 0 Å². The minimum Gasteiger partial charge on any atom is -0.272 e. The quantitative estimate of drug-likeness (QED) is 0.838. The monoisotopic (exact) mass is 298 g/mol. The van der Waals surface area contributed by atoms with Gasteiger partial charge >= 0.3 is 0 Å². The van der Waals surface area contributed by atoms with Crippen LogP contribution in [0.1, 0.15) is 31.9 Å². The fourth-order valence-corrected chi connectivity index (χ4v) is 3.16. The molecule has 2 heterocycles. The van der Waals surface area contributed by atoms with Crippen molar-refractivity contribution in [2.75, 3.05) is 13.1 Å². The standard InChI is InChI=1S/C15H17F3N2O/c1-14(15(2,17)18)9-19-7-6-12(20(19)13(14)21)10-4-3-5-11(16)8-10/h3-5,8,12H,6-7,9H2,1-2H3/t12-,14-/m0/s1. The van der Waals surface area contributed by atoms with Crippen LogP contribution in [0.4, 0.5) is 13.2 Å². The topological polar surface area (TPSA) is 23.6 Å². The van der Waals surface area contributed by atoms with Crippen LogP contribution in [-0.4, -0.2) is 34.9 Å². The Morgan fingerprint density at radius 2 is 2.10 bits per heavy atom. The van der Waals surface area contributed by atoms with E-state index in [4.69, 9.17) is 0 Å². The highest BCUT2D eigenvalue weighted by Gasteiger charge is 2.62. The molecular weight excluding hydrogens is 281 g/mol. The highest BCUT2D eigenvalue weighted by Crippen LogP contribution is 2.48. The third-order valence-electron chi connectivity index (χ3n) is 4.64. The zero-order valence-corrected chi connectivity index (χ0v) is 11.9. The van der Waals surface area contributed by atoms with Crippen LogP contribution >= 0.6 is 0 Å². The molecule has 3 nitrogen and oxygen atoms in total.